The van der Waals surface area contributed by atoms with Gasteiger partial charge in [0.25, 0.3) is 0 Å². The molecule has 1 aromatic carbocycles. The van der Waals surface area contributed by atoms with Crippen molar-refractivity contribution in [3.63, 3.8) is 0 Å². The van der Waals surface area contributed by atoms with Crippen LogP contribution in [0.1, 0.15) is 39.2 Å². The molecule has 0 aliphatic heterocycles. The van der Waals surface area contributed by atoms with Crippen molar-refractivity contribution in [1.82, 2.24) is 0 Å². The van der Waals surface area contributed by atoms with Crippen LogP contribution < -0.4 is 10.5 Å². The lowest BCUT2D eigenvalue weighted by molar-refractivity contribution is -0.139. The fourth-order valence-electron chi connectivity index (χ4n) is 2.65. The lowest BCUT2D eigenvalue weighted by Crippen LogP contribution is -2.54. The molecule has 0 saturated carbocycles. The number of carboxylic acid groups (broad SMARTS) is 1. The molecule has 1 atom stereocenters. The molecule has 1 aromatic rings. The second-order valence-electron chi connectivity index (χ2n) is 5.46. The van der Waals surface area contributed by atoms with E-state index in [1.54, 1.807) is 7.11 Å². The van der Waals surface area contributed by atoms with Crippen molar-refractivity contribution in [2.45, 2.75) is 44.6 Å². The standard InChI is InChI=1S/C15H23NO3/c1-5-15(10-13(17)18,14(2,3)16)11-6-8-12(19-4)9-7-11/h6-9H,5,10,16H2,1-4H3,(H,17,18). The lowest BCUT2D eigenvalue weighted by Gasteiger charge is -2.44. The fourth-order valence-corrected chi connectivity index (χ4v) is 2.65. The summed E-state index contributed by atoms with van der Waals surface area (Å²) in [4.78, 5) is 11.2. The van der Waals surface area contributed by atoms with E-state index in [9.17, 15) is 9.90 Å². The summed E-state index contributed by atoms with van der Waals surface area (Å²) in [6, 6.07) is 7.49. The van der Waals surface area contributed by atoms with Crippen molar-refractivity contribution >= 4 is 5.97 Å². The van der Waals surface area contributed by atoms with Crippen molar-refractivity contribution in [2.24, 2.45) is 5.73 Å². The quantitative estimate of drug-likeness (QED) is 0.829. The minimum atomic E-state index is -0.837. The van der Waals surface area contributed by atoms with Gasteiger partial charge in [0.05, 0.1) is 13.5 Å². The summed E-state index contributed by atoms with van der Waals surface area (Å²) in [5, 5.41) is 9.23. The number of benzene rings is 1. The Kier molecular flexibility index (Phi) is 4.58. The Morgan fingerprint density at radius 1 is 1.32 bits per heavy atom. The molecule has 3 N–H and O–H groups in total. The molecular formula is C15H23NO3. The van der Waals surface area contributed by atoms with E-state index < -0.39 is 16.9 Å². The first kappa shape index (κ1) is 15.5. The van der Waals surface area contributed by atoms with E-state index in [4.69, 9.17) is 10.5 Å². The zero-order valence-corrected chi connectivity index (χ0v) is 12.1. The number of nitrogens with two attached hydrogens (primary N) is 1. The van der Waals surface area contributed by atoms with Gasteiger partial charge in [-0.1, -0.05) is 19.1 Å². The van der Waals surface area contributed by atoms with Gasteiger partial charge < -0.3 is 15.6 Å². The number of hydrogen-bond acceptors (Lipinski definition) is 3. The molecule has 0 amide bonds. The summed E-state index contributed by atoms with van der Waals surface area (Å²) < 4.78 is 5.13. The zero-order valence-electron chi connectivity index (χ0n) is 12.1. The van der Waals surface area contributed by atoms with Crippen molar-refractivity contribution in [1.29, 1.82) is 0 Å². The summed E-state index contributed by atoms with van der Waals surface area (Å²) in [6.07, 6.45) is 0.675. The van der Waals surface area contributed by atoms with Gasteiger partial charge in [-0.05, 0) is 38.0 Å². The number of ether oxygens (including phenoxy) is 1. The molecule has 1 rings (SSSR count). The number of rotatable bonds is 6. The maximum absolute atomic E-state index is 11.2. The molecule has 0 spiro atoms. The highest BCUT2D eigenvalue weighted by Gasteiger charge is 2.44. The molecule has 106 valence electrons. The van der Waals surface area contributed by atoms with E-state index in [1.807, 2.05) is 45.0 Å². The molecular weight excluding hydrogens is 242 g/mol. The van der Waals surface area contributed by atoms with Gasteiger partial charge in [-0.2, -0.15) is 0 Å². The van der Waals surface area contributed by atoms with Gasteiger partial charge in [0.2, 0.25) is 0 Å². The van der Waals surface area contributed by atoms with Crippen LogP contribution in [0.3, 0.4) is 0 Å². The second kappa shape index (κ2) is 5.61. The van der Waals surface area contributed by atoms with E-state index >= 15 is 0 Å². The van der Waals surface area contributed by atoms with Crippen molar-refractivity contribution < 1.29 is 14.6 Å². The Balaban J connectivity index is 3.32. The maximum Gasteiger partial charge on any atom is 0.304 e. The van der Waals surface area contributed by atoms with Crippen LogP contribution in [-0.2, 0) is 10.2 Å². The highest BCUT2D eigenvalue weighted by atomic mass is 16.5. The molecule has 0 aliphatic carbocycles. The van der Waals surface area contributed by atoms with Gasteiger partial charge in [-0.3, -0.25) is 4.79 Å². The maximum atomic E-state index is 11.2. The SMILES string of the molecule is CCC(CC(=O)O)(c1ccc(OC)cc1)C(C)(C)N. The minimum Gasteiger partial charge on any atom is -0.497 e. The minimum absolute atomic E-state index is 0.0132. The number of carboxylic acids is 1. The largest absolute Gasteiger partial charge is 0.497 e. The molecule has 0 radical (unpaired) electrons. The van der Waals surface area contributed by atoms with Crippen LogP contribution in [0.2, 0.25) is 0 Å². The summed E-state index contributed by atoms with van der Waals surface area (Å²) in [6.45, 7) is 5.73. The Hall–Kier alpha value is -1.55. The number of aliphatic carboxylic acids is 1. The van der Waals surface area contributed by atoms with Gasteiger partial charge in [0, 0.05) is 11.0 Å². The molecule has 1 unspecified atom stereocenters. The molecule has 0 fully saturated rings. The van der Waals surface area contributed by atoms with Gasteiger partial charge in [-0.15, -0.1) is 0 Å². The van der Waals surface area contributed by atoms with E-state index in [0.29, 0.717) is 6.42 Å². The van der Waals surface area contributed by atoms with Gasteiger partial charge in [-0.25, -0.2) is 0 Å². The summed E-state index contributed by atoms with van der Waals surface area (Å²) in [7, 11) is 1.60. The molecule has 0 saturated heterocycles. The zero-order chi connectivity index (χ0) is 14.7. The Bertz CT molecular complexity index is 434. The fraction of sp³-hybridized carbons (Fsp3) is 0.533. The second-order valence-corrected chi connectivity index (χ2v) is 5.46. The Morgan fingerprint density at radius 3 is 2.16 bits per heavy atom. The van der Waals surface area contributed by atoms with Crippen LogP contribution in [0.5, 0.6) is 5.75 Å². The summed E-state index contributed by atoms with van der Waals surface area (Å²) in [5.74, 6) is -0.0879. The first-order valence-corrected chi connectivity index (χ1v) is 6.42. The molecule has 0 bridgehead atoms. The number of carbonyl (C=O) groups is 1. The number of methoxy groups -OCH3 is 1. The molecule has 4 nitrogen and oxygen atoms in total. The predicted octanol–water partition coefficient (Wildman–Crippen LogP) is 2.55. The van der Waals surface area contributed by atoms with Gasteiger partial charge in [0.1, 0.15) is 5.75 Å². The molecule has 0 heterocycles. The van der Waals surface area contributed by atoms with Crippen LogP contribution >= 0.6 is 0 Å². The monoisotopic (exact) mass is 265 g/mol. The van der Waals surface area contributed by atoms with E-state index in [0.717, 1.165) is 11.3 Å². The average Bonchev–Trinajstić information content (AvgIpc) is 2.34. The van der Waals surface area contributed by atoms with E-state index in [2.05, 4.69) is 0 Å². The van der Waals surface area contributed by atoms with Gasteiger partial charge in [0.15, 0.2) is 0 Å². The third kappa shape index (κ3) is 3.07. The summed E-state index contributed by atoms with van der Waals surface area (Å²) in [5.41, 5.74) is 5.99. The van der Waals surface area contributed by atoms with E-state index in [1.165, 1.54) is 0 Å². The lowest BCUT2D eigenvalue weighted by atomic mass is 9.63. The molecule has 4 heteroatoms. The van der Waals surface area contributed by atoms with Crippen LogP contribution in [-0.4, -0.2) is 23.7 Å². The Morgan fingerprint density at radius 2 is 1.84 bits per heavy atom. The van der Waals surface area contributed by atoms with Gasteiger partial charge >= 0.3 is 5.97 Å². The smallest absolute Gasteiger partial charge is 0.304 e. The third-order valence-electron chi connectivity index (χ3n) is 3.93. The van der Waals surface area contributed by atoms with Crippen molar-refractivity contribution in [3.8, 4) is 5.75 Å². The van der Waals surface area contributed by atoms with Crippen LogP contribution in [0.15, 0.2) is 24.3 Å². The van der Waals surface area contributed by atoms with E-state index in [-0.39, 0.29) is 6.42 Å². The van der Waals surface area contributed by atoms with Crippen molar-refractivity contribution in [2.75, 3.05) is 7.11 Å². The summed E-state index contributed by atoms with van der Waals surface area (Å²) >= 11 is 0. The molecule has 0 aliphatic rings. The third-order valence-corrected chi connectivity index (χ3v) is 3.93. The topological polar surface area (TPSA) is 72.5 Å². The normalized spacial score (nSPS) is 14.8. The first-order chi connectivity index (χ1) is 8.76. The highest BCUT2D eigenvalue weighted by molar-refractivity contribution is 5.69. The van der Waals surface area contributed by atoms with Crippen LogP contribution in [0, 0.1) is 0 Å². The highest BCUT2D eigenvalue weighted by Crippen LogP contribution is 2.40. The van der Waals surface area contributed by atoms with Crippen molar-refractivity contribution in [3.05, 3.63) is 29.8 Å². The molecule has 0 aromatic heterocycles. The van der Waals surface area contributed by atoms with Crippen LogP contribution in [0.25, 0.3) is 0 Å². The Labute approximate surface area is 114 Å². The first-order valence-electron chi connectivity index (χ1n) is 6.42. The predicted molar refractivity (Wildman–Crippen MR) is 75.5 cm³/mol. The number of hydrogen-bond donors (Lipinski definition) is 2. The van der Waals surface area contributed by atoms with Crippen LogP contribution in [0.4, 0.5) is 0 Å². The average molecular weight is 265 g/mol. The molecule has 19 heavy (non-hydrogen) atoms.